The first kappa shape index (κ1) is 13.1. The summed E-state index contributed by atoms with van der Waals surface area (Å²) in [7, 11) is 1.92. The maximum atomic E-state index is 6.05. The molecule has 3 aromatic rings. The van der Waals surface area contributed by atoms with Gasteiger partial charge < -0.3 is 5.32 Å². The van der Waals surface area contributed by atoms with Crippen molar-refractivity contribution >= 4 is 22.6 Å². The Bertz CT molecular complexity index is 764. The predicted molar refractivity (Wildman–Crippen MR) is 81.4 cm³/mol. The monoisotopic (exact) mass is 286 g/mol. The minimum atomic E-state index is 0.690. The van der Waals surface area contributed by atoms with Gasteiger partial charge in [-0.05, 0) is 43.8 Å². The molecule has 0 atom stereocenters. The van der Waals surface area contributed by atoms with E-state index in [2.05, 4.69) is 21.5 Å². The SMILES string of the molecule is CNCc1cnc2c(c1)c(C)nn2-c1cccc(Cl)c1. The molecule has 0 fully saturated rings. The molecule has 4 nitrogen and oxygen atoms in total. The van der Waals surface area contributed by atoms with Crippen LogP contribution in [-0.2, 0) is 6.54 Å². The van der Waals surface area contributed by atoms with E-state index in [9.17, 15) is 0 Å². The zero-order chi connectivity index (χ0) is 14.1. The summed E-state index contributed by atoms with van der Waals surface area (Å²) in [5.74, 6) is 0. The molecular formula is C15H15ClN4. The summed E-state index contributed by atoms with van der Waals surface area (Å²) >= 11 is 6.05. The fraction of sp³-hybridized carbons (Fsp3) is 0.200. The summed E-state index contributed by atoms with van der Waals surface area (Å²) in [5.41, 5.74) is 3.88. The largest absolute Gasteiger partial charge is 0.316 e. The fourth-order valence-corrected chi connectivity index (χ4v) is 2.46. The molecule has 1 N–H and O–H groups in total. The molecule has 0 saturated heterocycles. The average molecular weight is 287 g/mol. The third-order valence-corrected chi connectivity index (χ3v) is 3.43. The number of fused-ring (bicyclic) bond motifs is 1. The molecule has 1 aromatic carbocycles. The van der Waals surface area contributed by atoms with Gasteiger partial charge in [-0.2, -0.15) is 5.10 Å². The van der Waals surface area contributed by atoms with Gasteiger partial charge in [0.25, 0.3) is 0 Å². The Morgan fingerprint density at radius 2 is 2.15 bits per heavy atom. The van der Waals surface area contributed by atoms with E-state index in [1.54, 1.807) is 0 Å². The summed E-state index contributed by atoms with van der Waals surface area (Å²) in [6.45, 7) is 2.79. The smallest absolute Gasteiger partial charge is 0.163 e. The molecule has 2 aromatic heterocycles. The molecule has 102 valence electrons. The van der Waals surface area contributed by atoms with Crippen LogP contribution in [0.4, 0.5) is 0 Å². The van der Waals surface area contributed by atoms with E-state index in [4.69, 9.17) is 11.6 Å². The third-order valence-electron chi connectivity index (χ3n) is 3.20. The number of nitrogens with zero attached hydrogens (tertiary/aromatic N) is 3. The van der Waals surface area contributed by atoms with Gasteiger partial charge in [-0.3, -0.25) is 0 Å². The van der Waals surface area contributed by atoms with Gasteiger partial charge in [0.05, 0.1) is 11.4 Å². The van der Waals surface area contributed by atoms with Crippen LogP contribution in [0.1, 0.15) is 11.3 Å². The van der Waals surface area contributed by atoms with E-state index in [-0.39, 0.29) is 0 Å². The highest BCUT2D eigenvalue weighted by Crippen LogP contribution is 2.22. The van der Waals surface area contributed by atoms with Crippen LogP contribution in [0.2, 0.25) is 5.02 Å². The number of pyridine rings is 1. The summed E-state index contributed by atoms with van der Waals surface area (Å²) in [6, 6.07) is 9.75. The lowest BCUT2D eigenvalue weighted by atomic mass is 10.2. The quantitative estimate of drug-likeness (QED) is 0.804. The van der Waals surface area contributed by atoms with Crippen LogP contribution in [0.15, 0.2) is 36.5 Å². The zero-order valence-corrected chi connectivity index (χ0v) is 12.1. The van der Waals surface area contributed by atoms with E-state index in [1.807, 2.05) is 49.1 Å². The van der Waals surface area contributed by atoms with Crippen LogP contribution in [-0.4, -0.2) is 21.8 Å². The molecule has 0 amide bonds. The molecule has 3 rings (SSSR count). The second-order valence-corrected chi connectivity index (χ2v) is 5.16. The van der Waals surface area contributed by atoms with Gasteiger partial charge in [0.15, 0.2) is 5.65 Å². The first-order chi connectivity index (χ1) is 9.69. The van der Waals surface area contributed by atoms with Crippen molar-refractivity contribution in [3.05, 3.63) is 52.8 Å². The molecule has 0 aliphatic carbocycles. The van der Waals surface area contributed by atoms with E-state index in [0.717, 1.165) is 34.5 Å². The molecule has 0 spiro atoms. The number of nitrogens with one attached hydrogen (secondary N) is 1. The first-order valence-corrected chi connectivity index (χ1v) is 6.81. The lowest BCUT2D eigenvalue weighted by Gasteiger charge is -2.04. The maximum absolute atomic E-state index is 6.05. The first-order valence-electron chi connectivity index (χ1n) is 6.44. The molecule has 0 unspecified atom stereocenters. The highest BCUT2D eigenvalue weighted by molar-refractivity contribution is 6.30. The number of aromatic nitrogens is 3. The van der Waals surface area contributed by atoms with Crippen molar-refractivity contribution in [1.29, 1.82) is 0 Å². The summed E-state index contributed by atoms with van der Waals surface area (Å²) in [5, 5.41) is 9.46. The number of rotatable bonds is 3. The van der Waals surface area contributed by atoms with E-state index in [0.29, 0.717) is 5.02 Å². The molecule has 0 aliphatic rings. The van der Waals surface area contributed by atoms with Gasteiger partial charge in [0, 0.05) is 23.2 Å². The molecule has 0 bridgehead atoms. The number of hydrogen-bond donors (Lipinski definition) is 1. The summed E-state index contributed by atoms with van der Waals surface area (Å²) in [4.78, 5) is 4.54. The minimum Gasteiger partial charge on any atom is -0.316 e. The molecule has 5 heteroatoms. The summed E-state index contributed by atoms with van der Waals surface area (Å²) < 4.78 is 1.83. The average Bonchev–Trinajstić information content (AvgIpc) is 2.77. The second-order valence-electron chi connectivity index (χ2n) is 4.72. The molecule has 0 saturated carbocycles. The third kappa shape index (κ3) is 2.28. The second kappa shape index (κ2) is 5.23. The molecular weight excluding hydrogens is 272 g/mol. The van der Waals surface area contributed by atoms with Gasteiger partial charge >= 0.3 is 0 Å². The van der Waals surface area contributed by atoms with Crippen molar-refractivity contribution in [2.24, 2.45) is 0 Å². The van der Waals surface area contributed by atoms with Gasteiger partial charge in [-0.1, -0.05) is 17.7 Å². The standard InChI is InChI=1S/C15H15ClN4/c1-10-14-6-11(8-17-2)9-18-15(14)20(19-10)13-5-3-4-12(16)7-13/h3-7,9,17H,8H2,1-2H3. The Morgan fingerprint density at radius 3 is 2.90 bits per heavy atom. The normalized spacial score (nSPS) is 11.2. The van der Waals surface area contributed by atoms with Crippen molar-refractivity contribution < 1.29 is 0 Å². The van der Waals surface area contributed by atoms with E-state index < -0.39 is 0 Å². The van der Waals surface area contributed by atoms with E-state index in [1.165, 1.54) is 0 Å². The van der Waals surface area contributed by atoms with Crippen LogP contribution in [0.3, 0.4) is 0 Å². The van der Waals surface area contributed by atoms with Crippen LogP contribution in [0.25, 0.3) is 16.7 Å². The predicted octanol–water partition coefficient (Wildman–Crippen LogP) is 3.10. The Balaban J connectivity index is 2.18. The molecule has 20 heavy (non-hydrogen) atoms. The number of hydrogen-bond acceptors (Lipinski definition) is 3. The van der Waals surface area contributed by atoms with Crippen molar-refractivity contribution in [1.82, 2.24) is 20.1 Å². The van der Waals surface area contributed by atoms with Crippen LogP contribution in [0, 0.1) is 6.92 Å². The molecule has 2 heterocycles. The fourth-order valence-electron chi connectivity index (χ4n) is 2.28. The van der Waals surface area contributed by atoms with Crippen molar-refractivity contribution in [3.8, 4) is 5.69 Å². The highest BCUT2D eigenvalue weighted by Gasteiger charge is 2.11. The van der Waals surface area contributed by atoms with Crippen LogP contribution >= 0.6 is 11.6 Å². The van der Waals surface area contributed by atoms with E-state index >= 15 is 0 Å². The summed E-state index contributed by atoms with van der Waals surface area (Å²) in [6.07, 6.45) is 1.88. The van der Waals surface area contributed by atoms with Crippen LogP contribution in [0.5, 0.6) is 0 Å². The molecule has 0 radical (unpaired) electrons. The van der Waals surface area contributed by atoms with Gasteiger partial charge in [-0.15, -0.1) is 0 Å². The van der Waals surface area contributed by atoms with Gasteiger partial charge in [0.1, 0.15) is 0 Å². The molecule has 0 aliphatic heterocycles. The zero-order valence-electron chi connectivity index (χ0n) is 11.4. The van der Waals surface area contributed by atoms with Crippen molar-refractivity contribution in [2.75, 3.05) is 7.05 Å². The minimum absolute atomic E-state index is 0.690. The Morgan fingerprint density at radius 1 is 1.30 bits per heavy atom. The maximum Gasteiger partial charge on any atom is 0.163 e. The Labute approximate surface area is 122 Å². The Hall–Kier alpha value is -1.91. The number of halogens is 1. The van der Waals surface area contributed by atoms with Crippen molar-refractivity contribution in [2.45, 2.75) is 13.5 Å². The lowest BCUT2D eigenvalue weighted by molar-refractivity contribution is 0.814. The van der Waals surface area contributed by atoms with Gasteiger partial charge in [0.2, 0.25) is 0 Å². The van der Waals surface area contributed by atoms with Gasteiger partial charge in [-0.25, -0.2) is 9.67 Å². The number of benzene rings is 1. The highest BCUT2D eigenvalue weighted by atomic mass is 35.5. The number of aryl methyl sites for hydroxylation is 1. The Kier molecular flexibility index (Phi) is 3.42. The van der Waals surface area contributed by atoms with Crippen LogP contribution < -0.4 is 5.32 Å². The topological polar surface area (TPSA) is 42.7 Å². The lowest BCUT2D eigenvalue weighted by Crippen LogP contribution is -2.05. The van der Waals surface area contributed by atoms with Crippen molar-refractivity contribution in [3.63, 3.8) is 0 Å².